The van der Waals surface area contributed by atoms with Crippen molar-refractivity contribution in [1.82, 2.24) is 68.7 Å². The van der Waals surface area contributed by atoms with Gasteiger partial charge in [0.2, 0.25) is 70.9 Å². The summed E-state index contributed by atoms with van der Waals surface area (Å²) in [6.07, 6.45) is 2.71. The number of hydrogen-bond donors (Lipinski definition) is 13. The smallest absolute Gasteiger partial charge is 0.329 e. The van der Waals surface area contributed by atoms with E-state index in [4.69, 9.17) is 10.5 Å². The van der Waals surface area contributed by atoms with Crippen LogP contribution in [0.15, 0.2) is 42.1 Å². The maximum atomic E-state index is 15.1. The van der Waals surface area contributed by atoms with Gasteiger partial charge in [-0.1, -0.05) is 180 Å². The molecular formula is C76H126N14O15. The highest BCUT2D eigenvalue weighted by molar-refractivity contribution is 6.03. The molecule has 2 fully saturated rings. The molecule has 0 spiro atoms. The second-order valence-corrected chi connectivity index (χ2v) is 30.7. The van der Waals surface area contributed by atoms with Gasteiger partial charge in [0.15, 0.2) is 0 Å². The van der Waals surface area contributed by atoms with Crippen LogP contribution in [0, 0.1) is 53.3 Å². The molecule has 0 aliphatic carbocycles. The molecule has 2 aliphatic rings. The molecule has 1 aromatic carbocycles. The van der Waals surface area contributed by atoms with Crippen LogP contribution in [0.25, 0.3) is 0 Å². The Morgan fingerprint density at radius 1 is 0.581 bits per heavy atom. The SMILES string of the molecule is C/C=C1\NC(=O)[C@H](Cc2ccccc2)NC(=O)[C@@H](C(C)C)NC(=O)[C@@H]([C@H](C)CC)NC(=O)[C@H](NC(=O)[C@H](NC(=O)[C@H](CCCN)NC(=O)[C@H]2CCCN2C(=O)[C@H](NC(=O)[C@@H](NC(=O)[C@@H](NC(=O)[C@H](NC(=O)CCCC(C)C)C(C)C)C(C)C)C(C)C)C(C)C)[C@H](C)CC)[C@H](C)OC(=O)[C@H](C(C)C)NC1=O. The van der Waals surface area contributed by atoms with Gasteiger partial charge >= 0.3 is 5.97 Å². The van der Waals surface area contributed by atoms with Crippen LogP contribution in [0.5, 0.6) is 0 Å². The van der Waals surface area contributed by atoms with E-state index in [2.05, 4.69) is 77.6 Å². The Balaban J connectivity index is 2.00. The van der Waals surface area contributed by atoms with E-state index in [0.717, 1.165) is 6.42 Å². The van der Waals surface area contributed by atoms with Gasteiger partial charge in [0, 0.05) is 19.4 Å². The molecule has 13 amide bonds. The van der Waals surface area contributed by atoms with Crippen LogP contribution in [0.1, 0.15) is 202 Å². The summed E-state index contributed by atoms with van der Waals surface area (Å²) in [5.41, 5.74) is 6.36. The molecule has 29 heteroatoms. The Kier molecular flexibility index (Phi) is 37.9. The van der Waals surface area contributed by atoms with E-state index < -0.39 is 197 Å². The first-order valence-electron chi connectivity index (χ1n) is 37.8. The van der Waals surface area contributed by atoms with Gasteiger partial charge in [-0.25, -0.2) is 4.79 Å². The van der Waals surface area contributed by atoms with Crippen molar-refractivity contribution < 1.29 is 71.9 Å². The summed E-state index contributed by atoms with van der Waals surface area (Å²) >= 11 is 0. The topological polar surface area (TPSA) is 422 Å². The Morgan fingerprint density at radius 2 is 1.10 bits per heavy atom. The van der Waals surface area contributed by atoms with Crippen molar-refractivity contribution in [1.29, 1.82) is 0 Å². The standard InChI is InChI=1S/C76H126N14O15/c1-21-46(18)61(73(101)89-63-48(20)105-76(104)60(45(16)17)86-64(92)50(23-3)78-66(94)52(38-49-31-25-24-26-32-49)80-68(96)56(41(8)9)84-72(100)62(47(19)22-2)88-74(63)102)87-65(93)51(33-28-36-77)79-67(95)53-34-29-37-90(53)75(103)59(44(14)15)85-71(99)58(43(12)13)83-70(98)57(42(10)11)82-69(97)55(40(6)7)81-54(91)35-27-30-39(4)5/h23-26,31-32,39-48,51-53,55-63H,21-22,27-30,33-38,77H2,1-20H3,(H,78,94)(H,79,95)(H,80,96)(H,81,91)(H,82,97)(H,83,98)(H,84,100)(H,85,99)(H,86,92)(H,87,93)(H,88,102)(H,89,101)/b50-23-/t46-,47-,48+,51+,52+,53-,55-,56-,57+,58+,59-,60+,61-,62-,63-/m1/s1. The number of nitrogens with one attached hydrogen (secondary N) is 12. The molecule has 2 heterocycles. The van der Waals surface area contributed by atoms with E-state index in [1.54, 1.807) is 141 Å². The predicted octanol–water partition coefficient (Wildman–Crippen LogP) is 3.11. The largest absolute Gasteiger partial charge is 0.458 e. The van der Waals surface area contributed by atoms with Gasteiger partial charge < -0.3 is 79.2 Å². The molecule has 15 atom stereocenters. The second kappa shape index (κ2) is 43.8. The lowest BCUT2D eigenvalue weighted by Crippen LogP contribution is -2.64. The number of carbonyl (C=O) groups excluding carboxylic acids is 14. The highest BCUT2D eigenvalue weighted by Gasteiger charge is 2.44. The number of hydrogen-bond acceptors (Lipinski definition) is 16. The highest BCUT2D eigenvalue weighted by atomic mass is 16.5. The Morgan fingerprint density at radius 3 is 1.61 bits per heavy atom. The molecule has 14 N–H and O–H groups in total. The molecule has 0 unspecified atom stereocenters. The summed E-state index contributed by atoms with van der Waals surface area (Å²) in [6.45, 7) is 34.4. The van der Waals surface area contributed by atoms with Gasteiger partial charge in [0.25, 0.3) is 5.91 Å². The number of likely N-dealkylation sites (tertiary alicyclic amines) is 1. The number of carbonyl (C=O) groups is 14. The highest BCUT2D eigenvalue weighted by Crippen LogP contribution is 2.23. The van der Waals surface area contributed by atoms with Crippen LogP contribution in [0.4, 0.5) is 0 Å². The molecule has 0 radical (unpaired) electrons. The van der Waals surface area contributed by atoms with Gasteiger partial charge in [-0.2, -0.15) is 0 Å². The summed E-state index contributed by atoms with van der Waals surface area (Å²) < 4.78 is 5.97. The van der Waals surface area contributed by atoms with Crippen molar-refractivity contribution in [3.63, 3.8) is 0 Å². The van der Waals surface area contributed by atoms with Crippen molar-refractivity contribution in [3.05, 3.63) is 47.7 Å². The van der Waals surface area contributed by atoms with E-state index >= 15 is 9.59 Å². The molecule has 1 aromatic rings. The molecule has 590 valence electrons. The zero-order valence-corrected chi connectivity index (χ0v) is 65.8. The van der Waals surface area contributed by atoms with E-state index in [1.165, 1.54) is 24.8 Å². The lowest BCUT2D eigenvalue weighted by molar-refractivity contribution is -0.157. The second-order valence-electron chi connectivity index (χ2n) is 30.7. The number of ether oxygens (including phenoxy) is 1. The molecule has 3 rings (SSSR count). The number of amides is 13. The predicted molar refractivity (Wildman–Crippen MR) is 398 cm³/mol. The summed E-state index contributed by atoms with van der Waals surface area (Å²) in [7, 11) is 0. The maximum absolute atomic E-state index is 15.1. The summed E-state index contributed by atoms with van der Waals surface area (Å²) in [5, 5.41) is 33.0. The van der Waals surface area contributed by atoms with E-state index in [0.29, 0.717) is 30.7 Å². The van der Waals surface area contributed by atoms with Gasteiger partial charge in [0.05, 0.1) is 0 Å². The van der Waals surface area contributed by atoms with Crippen molar-refractivity contribution >= 4 is 82.8 Å². The molecule has 0 saturated carbocycles. The van der Waals surface area contributed by atoms with E-state index in [1.807, 2.05) is 0 Å². The third-order valence-corrected chi connectivity index (χ3v) is 19.4. The maximum Gasteiger partial charge on any atom is 0.329 e. The fourth-order valence-electron chi connectivity index (χ4n) is 12.3. The summed E-state index contributed by atoms with van der Waals surface area (Å²) in [5.74, 6) is -14.6. The summed E-state index contributed by atoms with van der Waals surface area (Å²) in [4.78, 5) is 203. The molecule has 0 bridgehead atoms. The molecule has 2 aliphatic heterocycles. The van der Waals surface area contributed by atoms with Crippen LogP contribution in [0.3, 0.4) is 0 Å². The fourth-order valence-corrected chi connectivity index (χ4v) is 12.3. The normalized spacial score (nSPS) is 22.3. The average molecular weight is 1480 g/mol. The average Bonchev–Trinajstić information content (AvgIpc) is 1.79. The van der Waals surface area contributed by atoms with Crippen LogP contribution < -0.4 is 69.5 Å². The molecular weight excluding hydrogens is 1350 g/mol. The minimum absolute atomic E-state index is 0.0313. The van der Waals surface area contributed by atoms with Crippen molar-refractivity contribution in [2.24, 2.45) is 59.0 Å². The lowest BCUT2D eigenvalue weighted by Gasteiger charge is -2.34. The van der Waals surface area contributed by atoms with Crippen molar-refractivity contribution in [3.8, 4) is 0 Å². The Hall–Kier alpha value is -8.50. The van der Waals surface area contributed by atoms with Crippen LogP contribution in [-0.2, 0) is 78.3 Å². The number of esters is 1. The molecule has 29 nitrogen and oxygen atoms in total. The Bertz CT molecular complexity index is 3160. The van der Waals surface area contributed by atoms with Gasteiger partial charge in [0.1, 0.15) is 84.3 Å². The number of nitrogens with zero attached hydrogens (tertiary/aromatic N) is 1. The van der Waals surface area contributed by atoms with E-state index in [-0.39, 0.29) is 69.1 Å². The van der Waals surface area contributed by atoms with Crippen LogP contribution in [-0.4, -0.2) is 179 Å². The van der Waals surface area contributed by atoms with Gasteiger partial charge in [-0.3, -0.25) is 62.3 Å². The van der Waals surface area contributed by atoms with Crippen LogP contribution >= 0.6 is 0 Å². The minimum atomic E-state index is -1.82. The quantitative estimate of drug-likeness (QED) is 0.0355. The first-order chi connectivity index (χ1) is 49.2. The zero-order valence-electron chi connectivity index (χ0n) is 65.8. The third kappa shape index (κ3) is 27.7. The number of rotatable bonds is 33. The first kappa shape index (κ1) is 90.7. The number of allylic oxidation sites excluding steroid dienone is 1. The minimum Gasteiger partial charge on any atom is -0.458 e. The zero-order chi connectivity index (χ0) is 79.4. The van der Waals surface area contributed by atoms with Crippen LogP contribution in [0.2, 0.25) is 0 Å². The van der Waals surface area contributed by atoms with Crippen molar-refractivity contribution in [2.75, 3.05) is 13.1 Å². The van der Waals surface area contributed by atoms with Gasteiger partial charge in [-0.05, 0) is 111 Å². The monoisotopic (exact) mass is 1470 g/mol. The van der Waals surface area contributed by atoms with Crippen molar-refractivity contribution in [2.45, 2.75) is 281 Å². The molecule has 0 aromatic heterocycles. The number of cyclic esters (lactones) is 1. The first-order valence-corrected chi connectivity index (χ1v) is 37.8. The Labute approximate surface area is 621 Å². The van der Waals surface area contributed by atoms with Gasteiger partial charge in [-0.15, -0.1) is 0 Å². The lowest BCUT2D eigenvalue weighted by atomic mass is 9.95. The number of nitrogens with two attached hydrogens (primary N) is 1. The fraction of sp³-hybridized carbons (Fsp3) is 0.711. The molecule has 2 saturated heterocycles. The molecule has 105 heavy (non-hydrogen) atoms. The number of benzene rings is 1. The third-order valence-electron chi connectivity index (χ3n) is 19.4. The summed E-state index contributed by atoms with van der Waals surface area (Å²) in [6, 6.07) is -6.84. The van der Waals surface area contributed by atoms with E-state index in [9.17, 15) is 57.5 Å².